The first kappa shape index (κ1) is 46.5. The van der Waals surface area contributed by atoms with Crippen molar-refractivity contribution in [2.45, 2.75) is 115 Å². The molecule has 17 nitrogen and oxygen atoms in total. The van der Waals surface area contributed by atoms with E-state index >= 15 is 0 Å². The van der Waals surface area contributed by atoms with Crippen LogP contribution in [0, 0.1) is 11.3 Å². The summed E-state index contributed by atoms with van der Waals surface area (Å²) in [6, 6.07) is 5.04. The van der Waals surface area contributed by atoms with Crippen LogP contribution in [0.25, 0.3) is 22.3 Å². The fourth-order valence-corrected chi connectivity index (χ4v) is 8.98. The van der Waals surface area contributed by atoms with Gasteiger partial charge in [-0.2, -0.15) is 0 Å². The summed E-state index contributed by atoms with van der Waals surface area (Å²) in [5.74, 6) is -1.76. The van der Waals surface area contributed by atoms with Crippen molar-refractivity contribution in [1.29, 1.82) is 0 Å². The van der Waals surface area contributed by atoms with E-state index in [4.69, 9.17) is 24.2 Å². The molecule has 19 heteroatoms. The van der Waals surface area contributed by atoms with Crippen molar-refractivity contribution in [3.8, 4) is 22.9 Å². The number of allylic oxidation sites excluding steroid dienone is 1. The van der Waals surface area contributed by atoms with Gasteiger partial charge in [0.25, 0.3) is 0 Å². The normalized spacial score (nSPS) is 24.6. The molecule has 62 heavy (non-hydrogen) atoms. The van der Waals surface area contributed by atoms with Crippen molar-refractivity contribution in [3.05, 3.63) is 41.8 Å². The summed E-state index contributed by atoms with van der Waals surface area (Å²) in [6.45, 7) is 9.31. The van der Waals surface area contributed by atoms with E-state index < -0.39 is 75.1 Å². The van der Waals surface area contributed by atoms with Gasteiger partial charge in [0.15, 0.2) is 5.13 Å². The van der Waals surface area contributed by atoms with Crippen LogP contribution in [0.1, 0.15) is 79.6 Å². The van der Waals surface area contributed by atoms with Gasteiger partial charge in [-0.05, 0) is 51.7 Å². The molecule has 2 fully saturated rings. The highest BCUT2D eigenvalue weighted by atomic mass is 32.2. The van der Waals surface area contributed by atoms with E-state index in [-0.39, 0.29) is 38.4 Å². The number of benzene rings is 1. The Hall–Kier alpha value is -5.01. The molecule has 1 aromatic carbocycles. The van der Waals surface area contributed by atoms with Gasteiger partial charge < -0.3 is 40.2 Å². The van der Waals surface area contributed by atoms with Crippen LogP contribution in [-0.2, 0) is 29.1 Å². The number of rotatable bonds is 12. The third-order valence-corrected chi connectivity index (χ3v) is 13.6. The number of amides is 3. The van der Waals surface area contributed by atoms with Gasteiger partial charge in [0.1, 0.15) is 47.0 Å². The molecule has 3 amide bonds. The Balaban J connectivity index is 1.33. The largest absolute Gasteiger partial charge is 0.497 e. The van der Waals surface area contributed by atoms with E-state index in [1.807, 2.05) is 58.2 Å². The standard InChI is InChI=1S/C43H59N7O10S2/c1-25(2)44-40-46-33(24-61-40)32-20-35(29-17-16-27(58-7)18-31(29)45-32)59-28-19-34-37(51)48-43(39(53)54)21-26(43)14-12-10-9-11-13-15-30(38(52)50(34)22-28)47-41(55)60-36(42(3,4)5)23-49(6)62(8,56)57/h12,14,16-18,20,24-26,28,30,34,36H,9-11,13,15,19,21-23H2,1-8H3,(H,44,46)(H,47,55)(H,48,51)(H,53,54)/b14-12-/t26?,28-,30+,34+,36-,43-/m1/s1. The number of fused-ring (bicyclic) bond motifs is 3. The molecule has 6 rings (SSSR count). The van der Waals surface area contributed by atoms with E-state index in [0.29, 0.717) is 53.1 Å². The maximum absolute atomic E-state index is 14.8. The number of pyridine rings is 1. The molecule has 3 aliphatic rings. The Bertz CT molecular complexity index is 2290. The van der Waals surface area contributed by atoms with E-state index in [9.17, 15) is 32.7 Å². The zero-order chi connectivity index (χ0) is 45.1. The van der Waals surface area contributed by atoms with Crippen LogP contribution in [-0.4, -0.2) is 126 Å². The summed E-state index contributed by atoms with van der Waals surface area (Å²) >= 11 is 1.44. The topological polar surface area (TPSA) is 219 Å². The van der Waals surface area contributed by atoms with Crippen LogP contribution < -0.4 is 25.4 Å². The van der Waals surface area contributed by atoms with Crippen LogP contribution in [0.2, 0.25) is 0 Å². The molecule has 4 N–H and O–H groups in total. The molecule has 1 aliphatic carbocycles. The Morgan fingerprint density at radius 3 is 2.56 bits per heavy atom. The molecule has 0 radical (unpaired) electrons. The number of nitrogens with zero attached hydrogens (tertiary/aromatic N) is 4. The Morgan fingerprint density at radius 2 is 1.89 bits per heavy atom. The molecule has 4 heterocycles. The number of carboxylic acids is 1. The molecule has 0 bridgehead atoms. The lowest BCUT2D eigenvalue weighted by molar-refractivity contribution is -0.145. The number of thiazole rings is 1. The lowest BCUT2D eigenvalue weighted by Gasteiger charge is -2.34. The summed E-state index contributed by atoms with van der Waals surface area (Å²) in [4.78, 5) is 66.5. The zero-order valence-corrected chi connectivity index (χ0v) is 38.2. The number of methoxy groups -OCH3 is 1. The lowest BCUT2D eigenvalue weighted by atomic mass is 9.89. The van der Waals surface area contributed by atoms with Crippen molar-refractivity contribution >= 4 is 61.3 Å². The maximum atomic E-state index is 14.8. The van der Waals surface area contributed by atoms with Gasteiger partial charge in [-0.25, -0.2) is 32.3 Å². The minimum atomic E-state index is -3.59. The first-order chi connectivity index (χ1) is 29.2. The number of likely N-dealkylation sites (N-methyl/N-ethyl adjacent to an activating group) is 1. The average Bonchev–Trinajstić information content (AvgIpc) is 3.46. The fraction of sp³-hybridized carbons (Fsp3) is 0.581. The van der Waals surface area contributed by atoms with Crippen LogP contribution in [0.3, 0.4) is 0 Å². The maximum Gasteiger partial charge on any atom is 0.408 e. The minimum absolute atomic E-state index is 0.0172. The molecule has 1 saturated heterocycles. The number of aliphatic carboxylic acids is 1. The van der Waals surface area contributed by atoms with Crippen LogP contribution >= 0.6 is 11.3 Å². The molecule has 0 spiro atoms. The molecular formula is C43H59N7O10S2. The van der Waals surface area contributed by atoms with E-state index in [2.05, 4.69) is 16.0 Å². The van der Waals surface area contributed by atoms with Crippen LogP contribution in [0.5, 0.6) is 11.5 Å². The highest BCUT2D eigenvalue weighted by Gasteiger charge is 2.61. The second-order valence-electron chi connectivity index (χ2n) is 17.9. The lowest BCUT2D eigenvalue weighted by Crippen LogP contribution is -2.56. The second-order valence-corrected chi connectivity index (χ2v) is 20.8. The zero-order valence-electron chi connectivity index (χ0n) is 36.6. The Kier molecular flexibility index (Phi) is 14.1. The van der Waals surface area contributed by atoms with Gasteiger partial charge in [0, 0.05) is 53.7 Å². The number of sulfonamides is 1. The highest BCUT2D eigenvalue weighted by molar-refractivity contribution is 7.88. The van der Waals surface area contributed by atoms with E-state index in [0.717, 1.165) is 22.1 Å². The fourth-order valence-electron chi connectivity index (χ4n) is 7.73. The number of alkyl carbamates (subject to hydrolysis) is 1. The van der Waals surface area contributed by atoms with Crippen molar-refractivity contribution in [3.63, 3.8) is 0 Å². The molecule has 1 saturated carbocycles. The number of hydrogen-bond acceptors (Lipinski definition) is 13. The number of carbonyl (C=O) groups excluding carboxylic acids is 3. The first-order valence-corrected chi connectivity index (χ1v) is 23.7. The van der Waals surface area contributed by atoms with E-state index in [1.165, 1.54) is 23.3 Å². The molecule has 6 atom stereocenters. The van der Waals surface area contributed by atoms with E-state index in [1.54, 1.807) is 25.3 Å². The third kappa shape index (κ3) is 10.9. The first-order valence-electron chi connectivity index (χ1n) is 21.0. The van der Waals surface area contributed by atoms with Crippen molar-refractivity contribution in [2.24, 2.45) is 11.3 Å². The van der Waals surface area contributed by atoms with Crippen molar-refractivity contribution < 1.29 is 46.9 Å². The Labute approximate surface area is 367 Å². The average molecular weight is 898 g/mol. The van der Waals surface area contributed by atoms with Gasteiger partial charge >= 0.3 is 12.1 Å². The van der Waals surface area contributed by atoms with Crippen molar-refractivity contribution in [2.75, 3.05) is 38.8 Å². The van der Waals surface area contributed by atoms with Crippen LogP contribution in [0.15, 0.2) is 41.8 Å². The summed E-state index contributed by atoms with van der Waals surface area (Å²) in [5, 5.41) is 22.5. The number of carbonyl (C=O) groups is 4. The molecule has 2 aromatic heterocycles. The quantitative estimate of drug-likeness (QED) is 0.167. The third-order valence-electron chi connectivity index (χ3n) is 11.6. The molecular weight excluding hydrogens is 839 g/mol. The van der Waals surface area contributed by atoms with Gasteiger partial charge in [-0.1, -0.05) is 45.8 Å². The smallest absolute Gasteiger partial charge is 0.408 e. The van der Waals surface area contributed by atoms with Gasteiger partial charge in [-0.15, -0.1) is 11.3 Å². The van der Waals surface area contributed by atoms with Crippen molar-refractivity contribution in [1.82, 2.24) is 29.8 Å². The highest BCUT2D eigenvalue weighted by Crippen LogP contribution is 2.45. The van der Waals surface area contributed by atoms with Crippen LogP contribution in [0.4, 0.5) is 9.93 Å². The minimum Gasteiger partial charge on any atom is -0.497 e. The predicted octanol–water partition coefficient (Wildman–Crippen LogP) is 5.42. The summed E-state index contributed by atoms with van der Waals surface area (Å²) in [7, 11) is -0.635. The Morgan fingerprint density at radius 1 is 1.13 bits per heavy atom. The second kappa shape index (κ2) is 18.8. The molecule has 2 aliphatic heterocycles. The molecule has 338 valence electrons. The predicted molar refractivity (Wildman–Crippen MR) is 236 cm³/mol. The van der Waals surface area contributed by atoms with Gasteiger partial charge in [0.2, 0.25) is 21.8 Å². The van der Waals surface area contributed by atoms with Gasteiger partial charge in [0.05, 0.1) is 37.7 Å². The molecule has 3 aromatic rings. The number of nitrogens with one attached hydrogen (secondary N) is 3. The monoisotopic (exact) mass is 897 g/mol. The summed E-state index contributed by atoms with van der Waals surface area (Å²) < 4.78 is 43.7. The summed E-state index contributed by atoms with van der Waals surface area (Å²) in [6.07, 6.45) is 5.46. The number of ether oxygens (including phenoxy) is 3. The number of carboxylic acid groups (broad SMARTS) is 1. The number of aromatic nitrogens is 2. The SMILES string of the molecule is COc1ccc2c(O[C@@H]3C[C@H]4C(=O)N[C@]5(C(=O)O)CC5/C=C\CCCCC[C@H](NC(=O)O[C@H](CN(C)S(C)(=O)=O)C(C)(C)C)C(=O)N4C3)cc(-c3csc(NC(C)C)n3)nc2c1. The number of anilines is 1. The van der Waals surface area contributed by atoms with Gasteiger partial charge in [-0.3, -0.25) is 9.59 Å². The number of hydrogen-bond donors (Lipinski definition) is 4. The summed E-state index contributed by atoms with van der Waals surface area (Å²) in [5.41, 5.74) is -0.471. The molecule has 1 unspecified atom stereocenters.